The van der Waals surface area contributed by atoms with Crippen LogP contribution in [0.4, 0.5) is 0 Å². The number of carbonyl (C=O) groups excluding carboxylic acids is 4. The van der Waals surface area contributed by atoms with Crippen molar-refractivity contribution in [2.45, 2.75) is 84.1 Å². The lowest BCUT2D eigenvalue weighted by atomic mass is 9.99. The van der Waals surface area contributed by atoms with Gasteiger partial charge in [0.15, 0.2) is 5.78 Å². The highest BCUT2D eigenvalue weighted by atomic mass is 31.2. The fourth-order valence-electron chi connectivity index (χ4n) is 7.12. The van der Waals surface area contributed by atoms with E-state index in [2.05, 4.69) is 25.9 Å². The van der Waals surface area contributed by atoms with E-state index in [1.165, 1.54) is 23.5 Å². The third kappa shape index (κ3) is 11.4. The van der Waals surface area contributed by atoms with Crippen LogP contribution in [-0.4, -0.2) is 75.1 Å². The minimum absolute atomic E-state index is 0.0378. The van der Waals surface area contributed by atoms with E-state index in [0.717, 1.165) is 16.3 Å². The van der Waals surface area contributed by atoms with E-state index in [1.807, 2.05) is 42.5 Å². The molecule has 320 valence electrons. The Kier molecular flexibility index (Phi) is 14.9. The first-order valence-corrected chi connectivity index (χ1v) is 22.1. The van der Waals surface area contributed by atoms with Gasteiger partial charge in [0.2, 0.25) is 17.7 Å². The minimum atomic E-state index is -4.17. The largest absolute Gasteiger partial charge is 0.452 e. The Hall–Kier alpha value is -6.11. The standard InChI is InChI=1S/C46H53N6O8P/c1-6-40(61(57,59-35-17-9-7-10-18-35)60-36-19-11-8-12-20-36)49-44(54)39-26-37(58-29-32-21-22-33-15-13-14-16-34(33)25-32)28-52(39)46(56)42(31(4)5)51-45(55)41(30(2)3)50-43(53)38-27-47-23-24-48-38/h7-25,27,30-31,37,39-42H,6,26,28-29H2,1-5H3,(H,49,54)(H,50,53)(H,51,55)/t37-,39+,40-,41+,42+/m1/s1. The molecule has 1 fully saturated rings. The molecular weight excluding hydrogens is 796 g/mol. The number of fused-ring (bicyclic) bond motifs is 1. The Bertz CT molecular complexity index is 2270. The molecule has 4 amide bonds. The maximum absolute atomic E-state index is 14.8. The molecule has 0 saturated carbocycles. The van der Waals surface area contributed by atoms with Gasteiger partial charge in [-0.05, 0) is 64.9 Å². The summed E-state index contributed by atoms with van der Waals surface area (Å²) in [6.07, 6.45) is 3.82. The van der Waals surface area contributed by atoms with Gasteiger partial charge in [0.25, 0.3) is 5.91 Å². The molecule has 1 aromatic heterocycles. The smallest absolute Gasteiger partial charge is 0.415 e. The summed E-state index contributed by atoms with van der Waals surface area (Å²) in [4.78, 5) is 65.7. The number of nitrogens with one attached hydrogen (secondary N) is 3. The molecule has 0 bridgehead atoms. The summed E-state index contributed by atoms with van der Waals surface area (Å²) in [7, 11) is -4.17. The van der Waals surface area contributed by atoms with Crippen LogP contribution < -0.4 is 25.0 Å². The minimum Gasteiger partial charge on any atom is -0.415 e. The monoisotopic (exact) mass is 848 g/mol. The van der Waals surface area contributed by atoms with E-state index in [1.54, 1.807) is 95.3 Å². The molecule has 3 N–H and O–H groups in total. The summed E-state index contributed by atoms with van der Waals surface area (Å²) in [5, 5.41) is 10.7. The number of para-hydroxylation sites is 2. The van der Waals surface area contributed by atoms with Gasteiger partial charge in [-0.1, -0.05) is 107 Å². The fraction of sp³-hybridized carbons (Fsp3) is 0.348. The first-order valence-electron chi connectivity index (χ1n) is 20.5. The van der Waals surface area contributed by atoms with Crippen LogP contribution in [0.2, 0.25) is 0 Å². The summed E-state index contributed by atoms with van der Waals surface area (Å²) in [5.41, 5.74) is 0.958. The number of likely N-dealkylation sites (tertiary alicyclic amines) is 1. The molecule has 0 unspecified atom stereocenters. The Labute approximate surface area is 356 Å². The summed E-state index contributed by atoms with van der Waals surface area (Å²) >= 11 is 0. The van der Waals surface area contributed by atoms with Crippen LogP contribution in [0.1, 0.15) is 63.5 Å². The van der Waals surface area contributed by atoms with Gasteiger partial charge in [-0.15, -0.1) is 0 Å². The van der Waals surface area contributed by atoms with Crippen molar-refractivity contribution in [3.8, 4) is 11.5 Å². The molecule has 1 saturated heterocycles. The van der Waals surface area contributed by atoms with Crippen LogP contribution >= 0.6 is 7.60 Å². The van der Waals surface area contributed by atoms with Crippen molar-refractivity contribution in [3.63, 3.8) is 0 Å². The molecule has 0 spiro atoms. The van der Waals surface area contributed by atoms with Gasteiger partial charge in [-0.2, -0.15) is 0 Å². The predicted molar refractivity (Wildman–Crippen MR) is 232 cm³/mol. The van der Waals surface area contributed by atoms with E-state index in [0.29, 0.717) is 0 Å². The van der Waals surface area contributed by atoms with E-state index in [-0.39, 0.29) is 49.1 Å². The summed E-state index contributed by atoms with van der Waals surface area (Å²) < 4.78 is 33.4. The first-order chi connectivity index (χ1) is 29.3. The number of hydrogen-bond acceptors (Lipinski definition) is 10. The van der Waals surface area contributed by atoms with Crippen molar-refractivity contribution in [2.75, 3.05) is 6.54 Å². The Morgan fingerprint density at radius 1 is 0.770 bits per heavy atom. The zero-order chi connectivity index (χ0) is 43.5. The van der Waals surface area contributed by atoms with Gasteiger partial charge in [0, 0.05) is 25.4 Å². The molecule has 4 aromatic carbocycles. The van der Waals surface area contributed by atoms with E-state index in [9.17, 15) is 23.7 Å². The topological polar surface area (TPSA) is 178 Å². The molecule has 14 nitrogen and oxygen atoms in total. The highest BCUT2D eigenvalue weighted by molar-refractivity contribution is 7.55. The predicted octanol–water partition coefficient (Wildman–Crippen LogP) is 6.91. The Balaban J connectivity index is 1.26. The van der Waals surface area contributed by atoms with Crippen molar-refractivity contribution >= 4 is 42.0 Å². The number of carbonyl (C=O) groups is 4. The maximum atomic E-state index is 14.8. The quantitative estimate of drug-likeness (QED) is 0.0785. The van der Waals surface area contributed by atoms with Gasteiger partial charge in [-0.25, -0.2) is 9.55 Å². The summed E-state index contributed by atoms with van der Waals surface area (Å²) in [6, 6.07) is 28.0. The van der Waals surface area contributed by atoms with Crippen LogP contribution in [0.25, 0.3) is 10.8 Å². The highest BCUT2D eigenvalue weighted by Gasteiger charge is 2.47. The second kappa shape index (κ2) is 20.4. The second-order valence-corrected chi connectivity index (χ2v) is 17.7. The number of hydrogen-bond donors (Lipinski definition) is 3. The number of aromatic nitrogens is 2. The Morgan fingerprint density at radius 2 is 1.39 bits per heavy atom. The number of nitrogens with zero attached hydrogens (tertiary/aromatic N) is 3. The van der Waals surface area contributed by atoms with Crippen LogP contribution in [0, 0.1) is 11.8 Å². The lowest BCUT2D eigenvalue weighted by Gasteiger charge is -2.33. The molecule has 15 heteroatoms. The van der Waals surface area contributed by atoms with Crippen LogP contribution in [0.5, 0.6) is 11.5 Å². The van der Waals surface area contributed by atoms with Gasteiger partial charge in [0.05, 0.1) is 18.9 Å². The molecule has 5 atom stereocenters. The fourth-order valence-corrected chi connectivity index (χ4v) is 8.98. The number of amides is 4. The molecule has 6 rings (SSSR count). The summed E-state index contributed by atoms with van der Waals surface area (Å²) in [6.45, 7) is 9.14. The van der Waals surface area contributed by atoms with Gasteiger partial charge in [0.1, 0.15) is 35.3 Å². The van der Waals surface area contributed by atoms with Gasteiger partial charge >= 0.3 is 7.60 Å². The number of ether oxygens (including phenoxy) is 1. The molecular formula is C46H53N6O8P. The number of rotatable bonds is 18. The van der Waals surface area contributed by atoms with E-state index in [4.69, 9.17) is 13.8 Å². The van der Waals surface area contributed by atoms with Gasteiger partial charge in [-0.3, -0.25) is 24.2 Å². The average molecular weight is 849 g/mol. The molecule has 1 aliphatic heterocycles. The highest BCUT2D eigenvalue weighted by Crippen LogP contribution is 2.53. The first kappa shape index (κ1) is 44.4. The second-order valence-electron chi connectivity index (χ2n) is 15.7. The third-order valence-corrected chi connectivity index (χ3v) is 12.6. The van der Waals surface area contributed by atoms with Crippen molar-refractivity contribution in [1.82, 2.24) is 30.8 Å². The molecule has 61 heavy (non-hydrogen) atoms. The SMILES string of the molecule is CC[C@H](NC(=O)[C@@H]1C[C@@H](OCc2ccc3ccccc3c2)CN1C(=O)[C@@H](NC(=O)[C@@H](NC(=O)c1cnccn1)C(C)C)C(C)C)P(=O)(Oc1ccccc1)Oc1ccccc1. The molecule has 2 heterocycles. The number of benzene rings is 4. The molecule has 0 radical (unpaired) electrons. The van der Waals surface area contributed by atoms with Crippen LogP contribution in [-0.2, 0) is 30.3 Å². The summed E-state index contributed by atoms with van der Waals surface area (Å²) in [5.74, 6) is -3.60. The van der Waals surface area contributed by atoms with Gasteiger partial charge < -0.3 is 34.6 Å². The third-order valence-electron chi connectivity index (χ3n) is 10.4. The normalized spacial score (nSPS) is 16.7. The average Bonchev–Trinajstić information content (AvgIpc) is 3.70. The van der Waals surface area contributed by atoms with Crippen LogP contribution in [0.3, 0.4) is 0 Å². The molecule has 0 aliphatic carbocycles. The lowest BCUT2D eigenvalue weighted by molar-refractivity contribution is -0.143. The van der Waals surface area contributed by atoms with E-state index >= 15 is 0 Å². The molecule has 1 aliphatic rings. The van der Waals surface area contributed by atoms with Crippen LogP contribution in [0.15, 0.2) is 122 Å². The zero-order valence-corrected chi connectivity index (χ0v) is 35.9. The van der Waals surface area contributed by atoms with E-state index < -0.39 is 67.2 Å². The Morgan fingerprint density at radius 3 is 1.98 bits per heavy atom. The van der Waals surface area contributed by atoms with Crippen molar-refractivity contribution < 1.29 is 37.5 Å². The van der Waals surface area contributed by atoms with Crippen molar-refractivity contribution in [2.24, 2.45) is 11.8 Å². The lowest BCUT2D eigenvalue weighted by Crippen LogP contribution is -2.59. The zero-order valence-electron chi connectivity index (χ0n) is 35.0. The maximum Gasteiger partial charge on any atom is 0.452 e. The van der Waals surface area contributed by atoms with Crippen molar-refractivity contribution in [1.29, 1.82) is 0 Å². The van der Waals surface area contributed by atoms with Crippen molar-refractivity contribution in [3.05, 3.63) is 133 Å². The molecule has 5 aromatic rings.